The van der Waals surface area contributed by atoms with E-state index in [4.69, 9.17) is 18.0 Å². The molecular weight excluding hydrogens is 293 g/mol. The summed E-state index contributed by atoms with van der Waals surface area (Å²) in [6, 6.07) is 5.78. The molecule has 0 saturated heterocycles. The van der Waals surface area contributed by atoms with Crippen molar-refractivity contribution in [3.63, 3.8) is 0 Å². The first-order valence-electron chi connectivity index (χ1n) is 6.24. The Morgan fingerprint density at radius 2 is 2.14 bits per heavy atom. The van der Waals surface area contributed by atoms with Crippen molar-refractivity contribution in [3.8, 4) is 12.3 Å². The monoisotopic (exact) mass is 305 g/mol. The lowest BCUT2D eigenvalue weighted by Crippen LogP contribution is -2.26. The Bertz CT molecular complexity index is 734. The summed E-state index contributed by atoms with van der Waals surface area (Å²) in [6.45, 7) is 1.91. The normalized spacial score (nSPS) is 11.7. The molecule has 1 N–H and O–H groups in total. The number of nitrogens with one attached hydrogen (secondary N) is 1. The topological polar surface area (TPSA) is 46.9 Å². The van der Waals surface area contributed by atoms with Gasteiger partial charge in [0.15, 0.2) is 0 Å². The molecule has 0 aliphatic rings. The van der Waals surface area contributed by atoms with Crippen molar-refractivity contribution in [2.24, 2.45) is 0 Å². The molecule has 0 amide bonds. The lowest BCUT2D eigenvalue weighted by atomic mass is 10.1. The Morgan fingerprint density at radius 1 is 1.48 bits per heavy atom. The average molecular weight is 306 g/mol. The van der Waals surface area contributed by atoms with E-state index in [2.05, 4.69) is 16.3 Å². The molecule has 21 heavy (non-hydrogen) atoms. The van der Waals surface area contributed by atoms with Gasteiger partial charge < -0.3 is 5.32 Å². The van der Waals surface area contributed by atoms with Crippen LogP contribution in [0.3, 0.4) is 0 Å². The van der Waals surface area contributed by atoms with Crippen LogP contribution < -0.4 is 10.9 Å². The smallest absolute Gasteiger partial charge is 0.292 e. The van der Waals surface area contributed by atoms with Gasteiger partial charge in [-0.25, -0.2) is 9.07 Å². The van der Waals surface area contributed by atoms with E-state index >= 15 is 0 Å². The molecule has 0 fully saturated rings. The maximum atomic E-state index is 12.9. The zero-order valence-corrected chi connectivity index (χ0v) is 12.1. The lowest BCUT2D eigenvalue weighted by Gasteiger charge is -2.16. The number of hydrogen-bond donors (Lipinski definition) is 1. The summed E-state index contributed by atoms with van der Waals surface area (Å²) < 4.78 is 14.1. The van der Waals surface area contributed by atoms with Gasteiger partial charge in [-0.15, -0.1) is 6.42 Å². The first-order valence-corrected chi connectivity index (χ1v) is 6.62. The van der Waals surface area contributed by atoms with Gasteiger partial charge in [0, 0.05) is 6.04 Å². The van der Waals surface area contributed by atoms with Gasteiger partial charge in [0.2, 0.25) is 0 Å². The quantitative estimate of drug-likeness (QED) is 0.884. The SMILES string of the molecule is C#CCn1ncc(Cl)c(NC(C)c2ccc(F)cc2)c1=O. The summed E-state index contributed by atoms with van der Waals surface area (Å²) >= 11 is 6.01. The summed E-state index contributed by atoms with van der Waals surface area (Å²) in [7, 11) is 0. The molecule has 108 valence electrons. The van der Waals surface area contributed by atoms with Gasteiger partial charge in [-0.2, -0.15) is 5.10 Å². The molecule has 0 aliphatic carbocycles. The Kier molecular flexibility index (Phi) is 4.61. The van der Waals surface area contributed by atoms with Crippen molar-refractivity contribution in [2.45, 2.75) is 19.5 Å². The standard InChI is InChI=1S/C15H13ClFN3O/c1-3-8-20-15(21)14(13(16)9-18-20)19-10(2)11-4-6-12(17)7-5-11/h1,4-7,9-10,19H,8H2,2H3. The summed E-state index contributed by atoms with van der Waals surface area (Å²) in [4.78, 5) is 12.2. The molecule has 1 heterocycles. The number of nitrogens with zero attached hydrogens (tertiary/aromatic N) is 2. The number of anilines is 1. The molecule has 0 aliphatic heterocycles. The van der Waals surface area contributed by atoms with Crippen LogP contribution in [0.5, 0.6) is 0 Å². The molecule has 1 aromatic carbocycles. The van der Waals surface area contributed by atoms with E-state index < -0.39 is 5.56 Å². The molecule has 0 radical (unpaired) electrons. The Balaban J connectivity index is 2.31. The van der Waals surface area contributed by atoms with E-state index in [0.717, 1.165) is 10.2 Å². The van der Waals surface area contributed by atoms with E-state index in [9.17, 15) is 9.18 Å². The molecule has 6 heteroatoms. The molecule has 1 unspecified atom stereocenters. The van der Waals surface area contributed by atoms with Crippen molar-refractivity contribution in [1.82, 2.24) is 9.78 Å². The van der Waals surface area contributed by atoms with E-state index in [1.807, 2.05) is 6.92 Å². The van der Waals surface area contributed by atoms with Crippen LogP contribution >= 0.6 is 11.6 Å². The highest BCUT2D eigenvalue weighted by Crippen LogP contribution is 2.22. The zero-order valence-electron chi connectivity index (χ0n) is 11.3. The third kappa shape index (κ3) is 3.41. The largest absolute Gasteiger partial charge is 0.373 e. The summed E-state index contributed by atoms with van der Waals surface area (Å²) in [6.07, 6.45) is 6.55. The van der Waals surface area contributed by atoms with Crippen LogP contribution in [0, 0.1) is 18.2 Å². The van der Waals surface area contributed by atoms with Crippen molar-refractivity contribution < 1.29 is 4.39 Å². The fourth-order valence-electron chi connectivity index (χ4n) is 1.85. The van der Waals surface area contributed by atoms with Crippen molar-refractivity contribution >= 4 is 17.3 Å². The third-order valence-corrected chi connectivity index (χ3v) is 3.26. The maximum absolute atomic E-state index is 12.9. The minimum absolute atomic E-state index is 0.0651. The molecule has 0 spiro atoms. The van der Waals surface area contributed by atoms with E-state index in [1.54, 1.807) is 12.1 Å². The number of benzene rings is 1. The van der Waals surface area contributed by atoms with Crippen LogP contribution in [0.1, 0.15) is 18.5 Å². The first-order chi connectivity index (χ1) is 10.0. The predicted molar refractivity (Wildman–Crippen MR) is 80.8 cm³/mol. The highest BCUT2D eigenvalue weighted by Gasteiger charge is 2.13. The summed E-state index contributed by atoms with van der Waals surface area (Å²) in [5.41, 5.74) is 0.653. The highest BCUT2D eigenvalue weighted by atomic mass is 35.5. The Hall–Kier alpha value is -2.32. The molecule has 2 aromatic rings. The average Bonchev–Trinajstić information content (AvgIpc) is 2.47. The second kappa shape index (κ2) is 6.42. The predicted octanol–water partition coefficient (Wildman–Crippen LogP) is 2.84. The fraction of sp³-hybridized carbons (Fsp3) is 0.200. The minimum atomic E-state index is -0.394. The summed E-state index contributed by atoms with van der Waals surface area (Å²) in [5, 5.41) is 7.09. The van der Waals surface area contributed by atoms with E-state index in [1.165, 1.54) is 18.3 Å². The third-order valence-electron chi connectivity index (χ3n) is 2.97. The van der Waals surface area contributed by atoms with Crippen molar-refractivity contribution in [3.05, 3.63) is 57.2 Å². The second-order valence-corrected chi connectivity index (χ2v) is 4.86. The lowest BCUT2D eigenvalue weighted by molar-refractivity contribution is 0.626. The number of terminal acetylenes is 1. The molecule has 2 rings (SSSR count). The van der Waals surface area contributed by atoms with Gasteiger partial charge in [0.05, 0.1) is 11.2 Å². The van der Waals surface area contributed by atoms with Crippen LogP contribution in [-0.2, 0) is 6.54 Å². The van der Waals surface area contributed by atoms with Gasteiger partial charge in [-0.3, -0.25) is 4.79 Å². The number of aromatic nitrogens is 2. The number of rotatable bonds is 4. The highest BCUT2D eigenvalue weighted by molar-refractivity contribution is 6.33. The van der Waals surface area contributed by atoms with E-state index in [0.29, 0.717) is 0 Å². The van der Waals surface area contributed by atoms with Gasteiger partial charge in [0.25, 0.3) is 5.56 Å². The van der Waals surface area contributed by atoms with Gasteiger partial charge in [0.1, 0.15) is 18.0 Å². The summed E-state index contributed by atoms with van der Waals surface area (Å²) in [5.74, 6) is 2.04. The van der Waals surface area contributed by atoms with E-state index in [-0.39, 0.29) is 29.1 Å². The number of hydrogen-bond acceptors (Lipinski definition) is 3. The van der Waals surface area contributed by atoms with Crippen LogP contribution in [0.4, 0.5) is 10.1 Å². The van der Waals surface area contributed by atoms with Crippen molar-refractivity contribution in [2.75, 3.05) is 5.32 Å². The van der Waals surface area contributed by atoms with Crippen LogP contribution in [0.25, 0.3) is 0 Å². The molecular formula is C15H13ClFN3O. The van der Waals surface area contributed by atoms with Crippen LogP contribution in [0.2, 0.25) is 5.02 Å². The zero-order chi connectivity index (χ0) is 15.4. The van der Waals surface area contributed by atoms with Crippen LogP contribution in [-0.4, -0.2) is 9.78 Å². The first kappa shape index (κ1) is 15.1. The molecule has 0 bridgehead atoms. The van der Waals surface area contributed by atoms with Gasteiger partial charge >= 0.3 is 0 Å². The molecule has 4 nitrogen and oxygen atoms in total. The van der Waals surface area contributed by atoms with Crippen LogP contribution in [0.15, 0.2) is 35.3 Å². The Morgan fingerprint density at radius 3 is 2.76 bits per heavy atom. The molecule has 1 aromatic heterocycles. The molecule has 1 atom stereocenters. The Labute approximate surface area is 126 Å². The molecule has 0 saturated carbocycles. The fourth-order valence-corrected chi connectivity index (χ4v) is 2.03. The van der Waals surface area contributed by atoms with Gasteiger partial charge in [-0.05, 0) is 24.6 Å². The minimum Gasteiger partial charge on any atom is -0.373 e. The van der Waals surface area contributed by atoms with Gasteiger partial charge in [-0.1, -0.05) is 29.7 Å². The number of halogens is 2. The second-order valence-electron chi connectivity index (χ2n) is 4.45. The van der Waals surface area contributed by atoms with Crippen molar-refractivity contribution in [1.29, 1.82) is 0 Å². The maximum Gasteiger partial charge on any atom is 0.292 e.